The molecule has 0 saturated heterocycles. The molecule has 2 unspecified atom stereocenters. The van der Waals surface area contributed by atoms with Crippen molar-refractivity contribution in [1.82, 2.24) is 0 Å². The fraction of sp³-hybridized carbons (Fsp3) is 0.625. The van der Waals surface area contributed by atoms with Crippen LogP contribution in [0.1, 0.15) is 32.3 Å². The molecule has 2 N–H and O–H groups in total. The summed E-state index contributed by atoms with van der Waals surface area (Å²) in [4.78, 5) is 0. The van der Waals surface area contributed by atoms with Crippen LogP contribution in [0, 0.1) is 0 Å². The van der Waals surface area contributed by atoms with Crippen molar-refractivity contribution in [1.29, 1.82) is 0 Å². The molecular formula is C16H26O4. The maximum Gasteiger partial charge on any atom is 0.119 e. The zero-order valence-corrected chi connectivity index (χ0v) is 12.4. The average Bonchev–Trinajstić information content (AvgIpc) is 2.42. The molecule has 1 rings (SSSR count). The van der Waals surface area contributed by atoms with Gasteiger partial charge in [0.1, 0.15) is 18.5 Å². The van der Waals surface area contributed by atoms with Gasteiger partial charge in [0.25, 0.3) is 0 Å². The van der Waals surface area contributed by atoms with Gasteiger partial charge in [0.2, 0.25) is 0 Å². The topological polar surface area (TPSA) is 58.9 Å². The van der Waals surface area contributed by atoms with Crippen molar-refractivity contribution >= 4 is 0 Å². The molecule has 0 bridgehead atoms. The van der Waals surface area contributed by atoms with Crippen LogP contribution >= 0.6 is 0 Å². The second-order valence-corrected chi connectivity index (χ2v) is 5.09. The van der Waals surface area contributed by atoms with Crippen LogP contribution in [-0.4, -0.2) is 42.2 Å². The van der Waals surface area contributed by atoms with Gasteiger partial charge in [-0.3, -0.25) is 0 Å². The predicted octanol–water partition coefficient (Wildman–Crippen LogP) is 2.17. The number of aliphatic hydroxyl groups is 2. The first kappa shape index (κ1) is 17.0. The molecule has 2 atom stereocenters. The van der Waals surface area contributed by atoms with Gasteiger partial charge in [-0.2, -0.15) is 0 Å². The summed E-state index contributed by atoms with van der Waals surface area (Å²) in [6.07, 6.45) is 1.78. The Labute approximate surface area is 121 Å². The quantitative estimate of drug-likeness (QED) is 0.646. The van der Waals surface area contributed by atoms with Crippen LogP contribution in [0.2, 0.25) is 0 Å². The zero-order chi connectivity index (χ0) is 14.8. The van der Waals surface area contributed by atoms with Gasteiger partial charge in [-0.15, -0.1) is 0 Å². The normalized spacial score (nSPS) is 14.0. The Hall–Kier alpha value is -1.10. The minimum Gasteiger partial charge on any atom is -0.491 e. The summed E-state index contributed by atoms with van der Waals surface area (Å²) < 4.78 is 10.8. The summed E-state index contributed by atoms with van der Waals surface area (Å²) in [6.45, 7) is 5.08. The van der Waals surface area contributed by atoms with Crippen LogP contribution in [0.4, 0.5) is 0 Å². The Balaban J connectivity index is 2.23. The first-order valence-corrected chi connectivity index (χ1v) is 7.27. The van der Waals surface area contributed by atoms with Gasteiger partial charge < -0.3 is 19.7 Å². The summed E-state index contributed by atoms with van der Waals surface area (Å²) in [5.41, 5.74) is 1.07. The maximum atomic E-state index is 9.70. The lowest BCUT2D eigenvalue weighted by Gasteiger charge is -2.13. The highest BCUT2D eigenvalue weighted by Gasteiger charge is 2.06. The molecule has 114 valence electrons. The third-order valence-electron chi connectivity index (χ3n) is 2.85. The molecule has 4 nitrogen and oxygen atoms in total. The van der Waals surface area contributed by atoms with Crippen molar-refractivity contribution in [3.63, 3.8) is 0 Å². The van der Waals surface area contributed by atoms with Gasteiger partial charge in [0, 0.05) is 6.61 Å². The molecule has 1 aromatic rings. The number of aliphatic hydroxyl groups excluding tert-OH is 2. The molecule has 4 heteroatoms. The van der Waals surface area contributed by atoms with Crippen LogP contribution in [0.5, 0.6) is 5.75 Å². The van der Waals surface area contributed by atoms with E-state index in [2.05, 4.69) is 6.92 Å². The molecule has 0 spiro atoms. The minimum absolute atomic E-state index is 0.224. The number of rotatable bonds is 10. The largest absolute Gasteiger partial charge is 0.491 e. The monoisotopic (exact) mass is 282 g/mol. The number of benzene rings is 1. The van der Waals surface area contributed by atoms with Crippen LogP contribution in [0.15, 0.2) is 24.3 Å². The molecule has 0 aliphatic heterocycles. The third-order valence-corrected chi connectivity index (χ3v) is 2.85. The van der Waals surface area contributed by atoms with Crippen molar-refractivity contribution in [2.24, 2.45) is 0 Å². The maximum absolute atomic E-state index is 9.70. The lowest BCUT2D eigenvalue weighted by molar-refractivity contribution is 0.0113. The van der Waals surface area contributed by atoms with E-state index in [1.54, 1.807) is 6.92 Å². The van der Waals surface area contributed by atoms with E-state index in [0.29, 0.717) is 25.4 Å². The Morgan fingerprint density at radius 1 is 1.10 bits per heavy atom. The number of unbranched alkanes of at least 4 members (excludes halogenated alkanes) is 1. The second-order valence-electron chi connectivity index (χ2n) is 5.09. The van der Waals surface area contributed by atoms with Crippen molar-refractivity contribution in [3.05, 3.63) is 29.8 Å². The average molecular weight is 282 g/mol. The van der Waals surface area contributed by atoms with E-state index in [4.69, 9.17) is 9.47 Å². The fourth-order valence-electron chi connectivity index (χ4n) is 1.77. The fourth-order valence-corrected chi connectivity index (χ4v) is 1.77. The van der Waals surface area contributed by atoms with E-state index in [1.165, 1.54) is 0 Å². The molecule has 0 amide bonds. The van der Waals surface area contributed by atoms with E-state index in [0.717, 1.165) is 18.4 Å². The van der Waals surface area contributed by atoms with Crippen molar-refractivity contribution in [3.8, 4) is 5.75 Å². The standard InChI is InChI=1S/C16H26O4/c1-3-4-9-19-11-15(18)12-20-16-7-5-14(6-8-16)10-13(2)17/h5-8,13,15,17-18H,3-4,9-12H2,1-2H3. The van der Waals surface area contributed by atoms with Gasteiger partial charge in [0.05, 0.1) is 12.7 Å². The summed E-state index contributed by atoms with van der Waals surface area (Å²) in [5.74, 6) is 0.715. The first-order chi connectivity index (χ1) is 9.61. The molecule has 0 aromatic heterocycles. The van der Waals surface area contributed by atoms with Crippen LogP contribution in [-0.2, 0) is 11.2 Å². The van der Waals surface area contributed by atoms with E-state index >= 15 is 0 Å². The smallest absolute Gasteiger partial charge is 0.119 e. The van der Waals surface area contributed by atoms with Gasteiger partial charge in [0.15, 0.2) is 0 Å². The summed E-state index contributed by atoms with van der Waals surface area (Å²) >= 11 is 0. The molecule has 0 aliphatic carbocycles. The van der Waals surface area contributed by atoms with E-state index < -0.39 is 6.10 Å². The van der Waals surface area contributed by atoms with Gasteiger partial charge in [-0.05, 0) is 37.5 Å². The number of ether oxygens (including phenoxy) is 2. The lowest BCUT2D eigenvalue weighted by Crippen LogP contribution is -2.23. The Kier molecular flexibility index (Phi) is 8.26. The summed E-state index contributed by atoms with van der Waals surface area (Å²) in [5, 5.41) is 19.0. The molecule has 0 fully saturated rings. The van der Waals surface area contributed by atoms with Crippen molar-refractivity contribution in [2.75, 3.05) is 19.8 Å². The highest BCUT2D eigenvalue weighted by molar-refractivity contribution is 5.27. The number of hydrogen-bond acceptors (Lipinski definition) is 4. The van der Waals surface area contributed by atoms with Crippen molar-refractivity contribution < 1.29 is 19.7 Å². The van der Waals surface area contributed by atoms with E-state index in [9.17, 15) is 10.2 Å². The van der Waals surface area contributed by atoms with Gasteiger partial charge in [-0.1, -0.05) is 25.5 Å². The highest BCUT2D eigenvalue weighted by atomic mass is 16.5. The molecule has 20 heavy (non-hydrogen) atoms. The van der Waals surface area contributed by atoms with Gasteiger partial charge in [-0.25, -0.2) is 0 Å². The van der Waals surface area contributed by atoms with E-state index in [-0.39, 0.29) is 12.7 Å². The van der Waals surface area contributed by atoms with Gasteiger partial charge >= 0.3 is 0 Å². The summed E-state index contributed by atoms with van der Waals surface area (Å²) in [6, 6.07) is 7.54. The SMILES string of the molecule is CCCCOCC(O)COc1ccc(CC(C)O)cc1. The van der Waals surface area contributed by atoms with Crippen molar-refractivity contribution in [2.45, 2.75) is 45.3 Å². The minimum atomic E-state index is -0.607. The molecule has 0 saturated carbocycles. The predicted molar refractivity (Wildman–Crippen MR) is 79.1 cm³/mol. The molecule has 0 heterocycles. The summed E-state index contributed by atoms with van der Waals surface area (Å²) in [7, 11) is 0. The number of hydrogen-bond donors (Lipinski definition) is 2. The molecule has 1 aromatic carbocycles. The van der Waals surface area contributed by atoms with E-state index in [1.807, 2.05) is 24.3 Å². The Morgan fingerprint density at radius 3 is 2.40 bits per heavy atom. The molecule has 0 aliphatic rings. The zero-order valence-electron chi connectivity index (χ0n) is 12.4. The van der Waals surface area contributed by atoms with Crippen LogP contribution < -0.4 is 4.74 Å². The first-order valence-electron chi connectivity index (χ1n) is 7.27. The third kappa shape index (κ3) is 7.48. The lowest BCUT2D eigenvalue weighted by atomic mass is 10.1. The second kappa shape index (κ2) is 9.75. The Bertz CT molecular complexity index is 348. The van der Waals surface area contributed by atoms with Crippen LogP contribution in [0.25, 0.3) is 0 Å². The molecule has 0 radical (unpaired) electrons. The molecular weight excluding hydrogens is 256 g/mol. The van der Waals surface area contributed by atoms with Crippen LogP contribution in [0.3, 0.4) is 0 Å². The Morgan fingerprint density at radius 2 is 1.80 bits per heavy atom. The highest BCUT2D eigenvalue weighted by Crippen LogP contribution is 2.13.